The number of carbonyl (C=O) groups is 9. The first-order chi connectivity index (χ1) is 64.3. The molecule has 0 bridgehead atoms. The van der Waals surface area contributed by atoms with Crippen LogP contribution in [0.3, 0.4) is 0 Å². The smallest absolute Gasteiger partial charge is 0.870 e. The molecule has 6 amide bonds. The largest absolute Gasteiger partial charge is 1.00 e. The van der Waals surface area contributed by atoms with Crippen molar-refractivity contribution in [1.82, 2.24) is 75.2 Å². The number of anilines is 4. The van der Waals surface area contributed by atoms with Crippen molar-refractivity contribution in [3.05, 3.63) is 125 Å². The molecule has 5 saturated heterocycles. The summed E-state index contributed by atoms with van der Waals surface area (Å²) in [5.41, 5.74) is 12.7. The van der Waals surface area contributed by atoms with Gasteiger partial charge in [-0.25, -0.2) is 58.5 Å². The van der Waals surface area contributed by atoms with Gasteiger partial charge in [0, 0.05) is 159 Å². The predicted molar refractivity (Wildman–Crippen MR) is 539 cm³/mol. The van der Waals surface area contributed by atoms with Gasteiger partial charge in [0.05, 0.1) is 42.0 Å². The Bertz CT molecular complexity index is 4750. The quantitative estimate of drug-likeness (QED) is 0.0141. The van der Waals surface area contributed by atoms with Crippen molar-refractivity contribution in [2.75, 3.05) is 182 Å². The molecule has 13 N–H and O–H groups in total. The topological polar surface area (TPSA) is 483 Å². The maximum atomic E-state index is 12.3. The van der Waals surface area contributed by atoms with Crippen molar-refractivity contribution in [2.24, 2.45) is 38.5 Å². The van der Waals surface area contributed by atoms with Crippen LogP contribution in [0.4, 0.5) is 46.8 Å². The first-order valence-corrected chi connectivity index (χ1v) is 47.8. The van der Waals surface area contributed by atoms with Crippen LogP contribution in [0.2, 0.25) is 0 Å². The molecule has 0 unspecified atom stereocenters. The number of carboxylic acid groups (broad SMARTS) is 1. The van der Waals surface area contributed by atoms with Crippen molar-refractivity contribution in [1.29, 1.82) is 0 Å². The number of aromatic carboxylic acids is 1. The molecule has 5 aromatic heterocycles. The molecule has 5 spiro atoms. The Morgan fingerprint density at radius 1 is 0.426 bits per heavy atom. The second-order valence-electron chi connectivity index (χ2n) is 43.3. The fraction of sp³-hybridized carbons (Fsp3) is 0.663. The van der Waals surface area contributed by atoms with Crippen molar-refractivity contribution in [3.63, 3.8) is 0 Å². The molecule has 10 aliphatic rings. The fourth-order valence-electron chi connectivity index (χ4n) is 18.8. The molecule has 5 aliphatic carbocycles. The molecule has 5 aromatic rings. The normalized spacial score (nSPS) is 23.4. The van der Waals surface area contributed by atoms with E-state index < -0.39 is 40.3 Å². The van der Waals surface area contributed by atoms with Gasteiger partial charge in [0.15, 0.2) is 0 Å². The van der Waals surface area contributed by atoms with Crippen molar-refractivity contribution in [3.8, 4) is 0 Å². The molecular weight excluding hydrogens is 1820 g/mol. The number of carboxylic acids is 1. The van der Waals surface area contributed by atoms with E-state index in [1.165, 1.54) is 51.9 Å². The Morgan fingerprint density at radius 3 is 0.929 bits per heavy atom. The summed E-state index contributed by atoms with van der Waals surface area (Å²) in [6.07, 6.45) is 22.4. The monoisotopic (exact) mass is 1980 g/mol. The van der Waals surface area contributed by atoms with Crippen LogP contribution >= 0.6 is 0 Å². The number of likely N-dealkylation sites (N-methyl/N-ethyl adjacent to an activating group) is 3. The Hall–Kier alpha value is -9.97. The van der Waals surface area contributed by atoms with Crippen LogP contribution in [0.1, 0.15) is 246 Å². The third-order valence-corrected chi connectivity index (χ3v) is 25.6. The second kappa shape index (κ2) is 53.6. The van der Waals surface area contributed by atoms with Gasteiger partial charge >= 0.3 is 71.8 Å². The molecule has 38 nitrogen and oxygen atoms in total. The number of likely N-dealkylation sites (tertiary alicyclic amines) is 4. The Balaban J connectivity index is 0.000000298. The van der Waals surface area contributed by atoms with E-state index in [0.29, 0.717) is 76.6 Å². The molecule has 10 heterocycles. The number of ether oxygens (including phenoxy) is 6. The second-order valence-corrected chi connectivity index (χ2v) is 43.3. The SMILES string of the molecule is C.C.CC(C)(C)OC(=O)N1CCC2(CC(N)C2)C1.CC(C)(C)OC(=O)N1CCC2(CC(Nc3ccc(C(=O)O)cn3)C2)C1.CN(C)CCN.CN(C)CCNC(=O)c1ccc(NC2CC3(CCN(C(=O)OC(C)(C)C)C3)C2)nc1.CN(C)CCNC(=O)c1ccc(NC2CC3(CCNC3)C2)nc1.COC(=O)c1ccc(F)nc1.COC(=O)c1ccc(NC2CC3(CCN(C(=O)OC(C)(C)C)C3)C2)nc1.[Na+].[OH-]. The van der Waals surface area contributed by atoms with Gasteiger partial charge in [-0.15, -0.1) is 0 Å². The zero-order valence-electron chi connectivity index (χ0n) is 85.9. The van der Waals surface area contributed by atoms with Gasteiger partial charge in [-0.2, -0.15) is 4.39 Å². The summed E-state index contributed by atoms with van der Waals surface area (Å²) < 4.78 is 43.0. The van der Waals surface area contributed by atoms with E-state index in [9.17, 15) is 47.5 Å². The summed E-state index contributed by atoms with van der Waals surface area (Å²) in [7, 11) is 14.5. The zero-order chi connectivity index (χ0) is 101. The van der Waals surface area contributed by atoms with Crippen LogP contribution in [0.25, 0.3) is 0 Å². The third kappa shape index (κ3) is 38.9. The first kappa shape index (κ1) is 122. The van der Waals surface area contributed by atoms with Crippen LogP contribution in [-0.2, 0) is 28.4 Å². The van der Waals surface area contributed by atoms with Crippen LogP contribution < -0.4 is 78.2 Å². The Kier molecular flexibility index (Phi) is 46.2. The number of halogens is 1. The van der Waals surface area contributed by atoms with E-state index in [-0.39, 0.29) is 119 Å². The summed E-state index contributed by atoms with van der Waals surface area (Å²) in [5, 5.41) is 31.8. The van der Waals surface area contributed by atoms with E-state index in [2.05, 4.69) is 76.5 Å². The molecule has 141 heavy (non-hydrogen) atoms. The number of carbonyl (C=O) groups excluding carboxylic acids is 8. The van der Waals surface area contributed by atoms with Crippen molar-refractivity contribution in [2.45, 2.75) is 247 Å². The molecule has 0 aromatic carbocycles. The number of aromatic nitrogens is 5. The number of hydrogen-bond acceptors (Lipinski definition) is 31. The molecule has 0 radical (unpaired) electrons. The minimum Gasteiger partial charge on any atom is -0.870 e. The van der Waals surface area contributed by atoms with Gasteiger partial charge in [-0.1, -0.05) is 14.9 Å². The number of hydrogen-bond donors (Lipinski definition) is 10. The number of nitrogens with zero attached hydrogens (tertiary/aromatic N) is 12. The molecule has 5 saturated carbocycles. The van der Waals surface area contributed by atoms with E-state index in [1.54, 1.807) is 47.6 Å². The van der Waals surface area contributed by atoms with E-state index in [0.717, 1.165) is 198 Å². The van der Waals surface area contributed by atoms with Crippen LogP contribution in [-0.4, -0.2) is 338 Å². The van der Waals surface area contributed by atoms with E-state index in [4.69, 9.17) is 35.5 Å². The number of nitrogens with two attached hydrogens (primary N) is 2. The minimum absolute atomic E-state index is 0. The molecule has 0 atom stereocenters. The fourth-order valence-corrected chi connectivity index (χ4v) is 18.8. The maximum Gasteiger partial charge on any atom is 1.00 e. The number of esters is 2. The standard InChI is InChI=1S/C22H35N5O3.C19H27N3O4.C18H25N3O4.C17H27N5O.C12H22N2O2.C7H6FNO2.C4H12N2.2CH4.Na.H2O/c1-21(2,3)30-20(29)27-10-8-22(15-27)12-17(13-22)25-18-7-6-16(14-24-18)19(28)23-9-11-26(4)5;1-18(2,3)26-17(24)22-8-7-19(12-22)9-14(10-19)21-15-6-5-13(11-20-15)16(23)25-4;1-17(2,3)25-16(24)21-7-6-18(11-21)8-13(9-18)20-14-5-4-12(10-19-14)15(22)23;1-22(2)8-7-19-16(23)13-3-4-15(20-11-13)21-14-9-17(10-14)5-6-18-12-17;1-11(2,3)16-10(15)14-5-4-12(8-14)6-9(13)7-12;1-11-7(10)5-2-3-6(8)9-4-5;1-6(2)4-3-5;;;;/h6-7,14,17H,8-13,15H2,1-5H3,(H,23,28)(H,24,25);5-6,11,14H,7-10,12H2,1-4H3,(H,20,21);4-5,10,13H,6-9,11H2,1-3H3,(H,19,20)(H,22,23);3-4,11,14,18H,5-10,12H2,1-2H3,(H,19,23)(H,20,21);9H,4-8,13H2,1-3H3;2-4H,1H3;3-5H2,1-2H3;2*1H4;;1H2/q;;;;;;;;;+1;/p-1. The van der Waals surface area contributed by atoms with Gasteiger partial charge in [0.2, 0.25) is 5.95 Å². The van der Waals surface area contributed by atoms with Crippen LogP contribution in [0, 0.1) is 33.0 Å². The summed E-state index contributed by atoms with van der Waals surface area (Å²) in [4.78, 5) is 140. The number of methoxy groups -OCH3 is 2. The van der Waals surface area contributed by atoms with E-state index in [1.807, 2.05) is 168 Å². The molecule has 15 rings (SSSR count). The van der Waals surface area contributed by atoms with Crippen molar-refractivity contribution < 1.29 is 116 Å². The maximum absolute atomic E-state index is 12.3. The molecule has 5 aliphatic heterocycles. The minimum atomic E-state index is -0.977. The number of nitrogens with one attached hydrogen (secondary N) is 7. The van der Waals surface area contributed by atoms with Gasteiger partial charge in [0.1, 0.15) is 45.7 Å². The summed E-state index contributed by atoms with van der Waals surface area (Å²) in [5.74, 6) is 0.413. The predicted octanol–water partition coefficient (Wildman–Crippen LogP) is 9.90. The molecular formula is C101H163FN21NaO17. The Morgan fingerprint density at radius 2 is 0.702 bits per heavy atom. The zero-order valence-corrected chi connectivity index (χ0v) is 87.9. The first-order valence-electron chi connectivity index (χ1n) is 47.8. The molecule has 782 valence electrons. The number of amides is 6. The Labute approximate surface area is 856 Å². The van der Waals surface area contributed by atoms with E-state index >= 15 is 0 Å². The summed E-state index contributed by atoms with van der Waals surface area (Å²) >= 11 is 0. The number of rotatable bonds is 21. The molecule has 10 fully saturated rings. The summed E-state index contributed by atoms with van der Waals surface area (Å²) in [6, 6.07) is 18.4. The summed E-state index contributed by atoms with van der Waals surface area (Å²) in [6.45, 7) is 35.8. The number of pyridine rings is 5. The van der Waals surface area contributed by atoms with Crippen molar-refractivity contribution >= 4 is 77.4 Å². The molecule has 40 heteroatoms. The van der Waals surface area contributed by atoms with Crippen LogP contribution in [0.5, 0.6) is 0 Å². The van der Waals surface area contributed by atoms with Gasteiger partial charge in [0.25, 0.3) is 11.8 Å². The average molecular weight is 1990 g/mol. The van der Waals surface area contributed by atoms with Gasteiger partial charge in [-0.3, -0.25) is 9.59 Å². The van der Waals surface area contributed by atoms with Gasteiger partial charge in [-0.05, 0) is 316 Å². The van der Waals surface area contributed by atoms with Gasteiger partial charge < -0.3 is 122 Å². The average Bonchev–Trinajstić information content (AvgIpc) is 1.63. The third-order valence-electron chi connectivity index (χ3n) is 25.6. The van der Waals surface area contributed by atoms with Crippen LogP contribution in [0.15, 0.2) is 91.6 Å².